The average molecular weight is 221 g/mol. The maximum Gasteiger partial charge on any atom is 0.303 e. The van der Waals surface area contributed by atoms with E-state index in [1.54, 1.807) is 0 Å². The monoisotopic (exact) mass is 221 g/mol. The second-order valence-corrected chi connectivity index (χ2v) is 4.08. The van der Waals surface area contributed by atoms with Crippen molar-refractivity contribution in [3.05, 3.63) is 23.3 Å². The zero-order valence-electron chi connectivity index (χ0n) is 9.27. The van der Waals surface area contributed by atoms with Crippen molar-refractivity contribution in [1.29, 1.82) is 0 Å². The SMILES string of the molecule is CC(=O)OC1CCC2=C(C=CCC2)/C1=N\O. The summed E-state index contributed by atoms with van der Waals surface area (Å²) in [4.78, 5) is 10.9. The Morgan fingerprint density at radius 3 is 3.06 bits per heavy atom. The molecule has 0 aromatic rings. The van der Waals surface area contributed by atoms with Crippen LogP contribution in [0.5, 0.6) is 0 Å². The van der Waals surface area contributed by atoms with Crippen molar-refractivity contribution in [2.45, 2.75) is 38.7 Å². The number of ether oxygens (including phenoxy) is 1. The number of oxime groups is 1. The van der Waals surface area contributed by atoms with E-state index in [0.717, 1.165) is 24.8 Å². The Bertz CT molecular complexity index is 393. The van der Waals surface area contributed by atoms with Crippen LogP contribution in [-0.4, -0.2) is 23.0 Å². The summed E-state index contributed by atoms with van der Waals surface area (Å²) in [6.07, 6.45) is 7.29. The number of hydrogen-bond donors (Lipinski definition) is 1. The number of esters is 1. The number of hydrogen-bond acceptors (Lipinski definition) is 4. The summed E-state index contributed by atoms with van der Waals surface area (Å²) in [5.41, 5.74) is 2.75. The molecular weight excluding hydrogens is 206 g/mol. The highest BCUT2D eigenvalue weighted by Crippen LogP contribution is 2.31. The maximum atomic E-state index is 10.9. The molecule has 16 heavy (non-hydrogen) atoms. The van der Waals surface area contributed by atoms with Crippen molar-refractivity contribution >= 4 is 11.7 Å². The minimum atomic E-state index is -0.399. The van der Waals surface area contributed by atoms with Crippen molar-refractivity contribution in [3.8, 4) is 0 Å². The van der Waals surface area contributed by atoms with E-state index in [0.29, 0.717) is 12.1 Å². The fraction of sp³-hybridized carbons (Fsp3) is 0.500. The first-order valence-electron chi connectivity index (χ1n) is 5.50. The summed E-state index contributed by atoms with van der Waals surface area (Å²) >= 11 is 0. The van der Waals surface area contributed by atoms with Gasteiger partial charge in [-0.25, -0.2) is 0 Å². The third-order valence-corrected chi connectivity index (χ3v) is 2.98. The number of carbonyl (C=O) groups excluding carboxylic acids is 1. The Morgan fingerprint density at radius 2 is 2.38 bits per heavy atom. The van der Waals surface area contributed by atoms with Crippen LogP contribution < -0.4 is 0 Å². The molecule has 0 heterocycles. The largest absolute Gasteiger partial charge is 0.456 e. The highest BCUT2D eigenvalue weighted by Gasteiger charge is 2.29. The molecule has 2 aliphatic rings. The molecule has 0 aromatic carbocycles. The fourth-order valence-corrected chi connectivity index (χ4v) is 2.29. The zero-order valence-corrected chi connectivity index (χ0v) is 9.27. The van der Waals surface area contributed by atoms with Crippen LogP contribution in [0.2, 0.25) is 0 Å². The Morgan fingerprint density at radius 1 is 1.56 bits per heavy atom. The first-order valence-corrected chi connectivity index (χ1v) is 5.50. The van der Waals surface area contributed by atoms with E-state index in [9.17, 15) is 4.79 Å². The van der Waals surface area contributed by atoms with Gasteiger partial charge in [-0.1, -0.05) is 22.9 Å². The summed E-state index contributed by atoms with van der Waals surface area (Å²) in [7, 11) is 0. The molecule has 1 N–H and O–H groups in total. The third kappa shape index (κ3) is 2.01. The molecule has 1 unspecified atom stereocenters. The highest BCUT2D eigenvalue weighted by molar-refractivity contribution is 6.07. The van der Waals surface area contributed by atoms with Crippen LogP contribution in [0.15, 0.2) is 28.5 Å². The number of carbonyl (C=O) groups is 1. The van der Waals surface area contributed by atoms with Crippen LogP contribution in [-0.2, 0) is 9.53 Å². The summed E-state index contributed by atoms with van der Waals surface area (Å²) in [6, 6.07) is 0. The first kappa shape index (κ1) is 10.9. The third-order valence-electron chi connectivity index (χ3n) is 2.98. The Balaban J connectivity index is 2.27. The lowest BCUT2D eigenvalue weighted by Gasteiger charge is -2.28. The van der Waals surface area contributed by atoms with Gasteiger partial charge in [-0.05, 0) is 25.7 Å². The van der Waals surface area contributed by atoms with Gasteiger partial charge in [0.2, 0.25) is 0 Å². The van der Waals surface area contributed by atoms with E-state index in [2.05, 4.69) is 11.2 Å². The van der Waals surface area contributed by atoms with Gasteiger partial charge in [0, 0.05) is 12.5 Å². The van der Waals surface area contributed by atoms with E-state index < -0.39 is 6.10 Å². The molecular formula is C12H15NO3. The van der Waals surface area contributed by atoms with Gasteiger partial charge in [-0.2, -0.15) is 0 Å². The summed E-state index contributed by atoms with van der Waals surface area (Å²) in [6.45, 7) is 1.37. The predicted molar refractivity (Wildman–Crippen MR) is 59.4 cm³/mol. The van der Waals surface area contributed by atoms with Gasteiger partial charge >= 0.3 is 5.97 Å². The minimum absolute atomic E-state index is 0.338. The molecule has 0 amide bonds. The van der Waals surface area contributed by atoms with E-state index in [1.807, 2.05) is 6.08 Å². The molecule has 4 nitrogen and oxygen atoms in total. The number of nitrogens with zero attached hydrogens (tertiary/aromatic N) is 1. The number of allylic oxidation sites excluding steroid dienone is 3. The summed E-state index contributed by atoms with van der Waals surface area (Å²) < 4.78 is 5.15. The van der Waals surface area contributed by atoms with Crippen molar-refractivity contribution < 1.29 is 14.7 Å². The normalized spacial score (nSPS) is 26.8. The van der Waals surface area contributed by atoms with Crippen molar-refractivity contribution in [1.82, 2.24) is 0 Å². The molecule has 86 valence electrons. The standard InChI is InChI=1S/C12H15NO3/c1-8(14)16-11-7-6-9-4-2-3-5-10(9)12(11)13-15/h3,5,11,15H,2,4,6-7H2,1H3/b13-12+. The highest BCUT2D eigenvalue weighted by atomic mass is 16.5. The molecule has 2 rings (SSSR count). The van der Waals surface area contributed by atoms with Gasteiger partial charge in [0.15, 0.2) is 0 Å². The van der Waals surface area contributed by atoms with Gasteiger partial charge in [0.1, 0.15) is 11.8 Å². The lowest BCUT2D eigenvalue weighted by atomic mass is 9.83. The summed E-state index contributed by atoms with van der Waals surface area (Å²) in [5.74, 6) is -0.338. The lowest BCUT2D eigenvalue weighted by molar-refractivity contribution is -0.143. The first-order chi connectivity index (χ1) is 7.72. The molecule has 0 saturated heterocycles. The summed E-state index contributed by atoms with van der Waals surface area (Å²) in [5, 5.41) is 12.3. The average Bonchev–Trinajstić information content (AvgIpc) is 2.28. The van der Waals surface area contributed by atoms with Gasteiger partial charge < -0.3 is 9.94 Å². The molecule has 0 spiro atoms. The smallest absolute Gasteiger partial charge is 0.303 e. The van der Waals surface area contributed by atoms with E-state index in [4.69, 9.17) is 9.94 Å². The van der Waals surface area contributed by atoms with Gasteiger partial charge in [-0.3, -0.25) is 4.79 Å². The Kier molecular flexibility index (Phi) is 3.08. The van der Waals surface area contributed by atoms with Crippen molar-refractivity contribution in [2.75, 3.05) is 0 Å². The van der Waals surface area contributed by atoms with Crippen LogP contribution in [0.4, 0.5) is 0 Å². The fourth-order valence-electron chi connectivity index (χ4n) is 2.29. The zero-order chi connectivity index (χ0) is 11.5. The van der Waals surface area contributed by atoms with Gasteiger partial charge in [-0.15, -0.1) is 0 Å². The van der Waals surface area contributed by atoms with Crippen LogP contribution in [0.3, 0.4) is 0 Å². The molecule has 0 saturated carbocycles. The topological polar surface area (TPSA) is 58.9 Å². The molecule has 0 aliphatic heterocycles. The van der Waals surface area contributed by atoms with E-state index in [-0.39, 0.29) is 5.97 Å². The predicted octanol–water partition coefficient (Wildman–Crippen LogP) is 2.19. The maximum absolute atomic E-state index is 10.9. The van der Waals surface area contributed by atoms with Gasteiger partial charge in [0.25, 0.3) is 0 Å². The molecule has 4 heteroatoms. The molecule has 0 radical (unpaired) electrons. The van der Waals surface area contributed by atoms with Crippen LogP contribution in [0, 0.1) is 0 Å². The quantitative estimate of drug-likeness (QED) is 0.419. The molecule has 0 aromatic heterocycles. The van der Waals surface area contributed by atoms with E-state index >= 15 is 0 Å². The second kappa shape index (κ2) is 4.51. The van der Waals surface area contributed by atoms with E-state index in [1.165, 1.54) is 12.5 Å². The van der Waals surface area contributed by atoms with Crippen molar-refractivity contribution in [3.63, 3.8) is 0 Å². The Hall–Kier alpha value is -1.58. The number of rotatable bonds is 1. The Labute approximate surface area is 94.3 Å². The van der Waals surface area contributed by atoms with Crippen molar-refractivity contribution in [2.24, 2.45) is 5.16 Å². The minimum Gasteiger partial charge on any atom is -0.456 e. The van der Waals surface area contributed by atoms with Crippen LogP contribution in [0.25, 0.3) is 0 Å². The lowest BCUT2D eigenvalue weighted by Crippen LogP contribution is -2.32. The second-order valence-electron chi connectivity index (χ2n) is 4.08. The van der Waals surface area contributed by atoms with Crippen LogP contribution >= 0.6 is 0 Å². The molecule has 1 atom stereocenters. The van der Waals surface area contributed by atoms with Gasteiger partial charge in [0.05, 0.1) is 0 Å². The molecule has 0 bridgehead atoms. The molecule has 0 fully saturated rings. The molecule has 2 aliphatic carbocycles. The van der Waals surface area contributed by atoms with Crippen LogP contribution in [0.1, 0.15) is 32.6 Å².